The Labute approximate surface area is 142 Å². The molecule has 0 saturated heterocycles. The molecule has 1 aromatic rings. The number of rotatable bonds is 1. The van der Waals surface area contributed by atoms with Gasteiger partial charge in [-0.25, -0.2) is 9.57 Å². The van der Waals surface area contributed by atoms with E-state index in [0.717, 1.165) is 22.5 Å². The van der Waals surface area contributed by atoms with E-state index < -0.39 is 7.37 Å². The molecule has 0 fully saturated rings. The van der Waals surface area contributed by atoms with E-state index in [1.165, 1.54) is 0 Å². The Morgan fingerprint density at radius 3 is 2.42 bits per heavy atom. The largest absolute Gasteiger partial charge is 0.793 e. The van der Waals surface area contributed by atoms with E-state index in [2.05, 4.69) is 0 Å². The van der Waals surface area contributed by atoms with E-state index in [1.807, 2.05) is 63.7 Å². The number of nitrogens with zero attached hydrogens (tertiary/aromatic N) is 3. The lowest BCUT2D eigenvalue weighted by molar-refractivity contribution is -0.462. The van der Waals surface area contributed by atoms with Crippen molar-refractivity contribution in [1.82, 2.24) is 0 Å². The molecule has 3 rings (SSSR count). The van der Waals surface area contributed by atoms with Crippen molar-refractivity contribution in [3.05, 3.63) is 40.7 Å². The Kier molecular flexibility index (Phi) is 3.89. The number of allylic oxidation sites excluding steroid dienone is 4. The second-order valence-corrected chi connectivity index (χ2v) is 8.78. The molecule has 24 heavy (non-hydrogen) atoms. The molecule has 0 radical (unpaired) electrons. The van der Waals surface area contributed by atoms with Crippen LogP contribution in [0.4, 0.5) is 11.4 Å². The monoisotopic (exact) mass is 343 g/mol. The topological polar surface area (TPSA) is 58.7 Å². The second kappa shape index (κ2) is 5.54. The zero-order valence-electron chi connectivity index (χ0n) is 14.9. The van der Waals surface area contributed by atoms with Gasteiger partial charge in [0.25, 0.3) is 0 Å². The first-order valence-electron chi connectivity index (χ1n) is 7.81. The van der Waals surface area contributed by atoms with Gasteiger partial charge in [0.1, 0.15) is 14.1 Å². The average Bonchev–Trinajstić information content (AvgIpc) is 2.48. The molecule has 1 atom stereocenters. The lowest BCUT2D eigenvalue weighted by Gasteiger charge is -2.35. The van der Waals surface area contributed by atoms with Gasteiger partial charge in [-0.15, -0.1) is 0 Å². The summed E-state index contributed by atoms with van der Waals surface area (Å²) in [5.74, 6) is 0. The maximum absolute atomic E-state index is 13.3. The molecular weight excluding hydrogens is 321 g/mol. The quantitative estimate of drug-likeness (QED) is 0.445. The third kappa shape index (κ3) is 2.48. The van der Waals surface area contributed by atoms with E-state index in [1.54, 1.807) is 12.1 Å². The Hall–Kier alpha value is -1.97. The number of aryl methyl sites for hydroxylation is 1. The summed E-state index contributed by atoms with van der Waals surface area (Å²) >= 11 is 0. The van der Waals surface area contributed by atoms with Gasteiger partial charge in [-0.1, -0.05) is 0 Å². The van der Waals surface area contributed by atoms with E-state index in [4.69, 9.17) is 4.99 Å². The first-order chi connectivity index (χ1) is 11.1. The van der Waals surface area contributed by atoms with Crippen molar-refractivity contribution >= 4 is 35.5 Å². The van der Waals surface area contributed by atoms with Crippen molar-refractivity contribution in [1.29, 1.82) is 0 Å². The van der Waals surface area contributed by atoms with Crippen LogP contribution < -0.4 is 15.1 Å². The fraction of sp³-hybridized carbons (Fsp3) is 0.333. The highest BCUT2D eigenvalue weighted by molar-refractivity contribution is 7.70. The van der Waals surface area contributed by atoms with Gasteiger partial charge in [0.2, 0.25) is 5.71 Å². The molecule has 0 spiro atoms. The zero-order valence-corrected chi connectivity index (χ0v) is 15.8. The highest BCUT2D eigenvalue weighted by Crippen LogP contribution is 2.53. The number of benzene rings is 1. The summed E-state index contributed by atoms with van der Waals surface area (Å²) in [4.78, 5) is 19.9. The summed E-state index contributed by atoms with van der Waals surface area (Å²) in [6.45, 7) is 3.81. The Balaban J connectivity index is 2.35. The lowest BCUT2D eigenvalue weighted by atomic mass is 10.0. The number of hydrogen-bond donors (Lipinski definition) is 0. The van der Waals surface area contributed by atoms with E-state index >= 15 is 0 Å². The predicted octanol–water partition coefficient (Wildman–Crippen LogP) is 1.97. The summed E-state index contributed by atoms with van der Waals surface area (Å²) in [6, 6.07) is 3.69. The van der Waals surface area contributed by atoms with Crippen molar-refractivity contribution in [2.75, 3.05) is 33.1 Å². The SMILES string of the molecule is CC1=CC(=[N+](C)C)C=C2C1=Nc1c(C)cc(N(C)C)cc1P2(=O)[O-]. The van der Waals surface area contributed by atoms with Gasteiger partial charge in [0.15, 0.2) is 0 Å². The third-order valence-electron chi connectivity index (χ3n) is 4.42. The van der Waals surface area contributed by atoms with Crippen LogP contribution >= 0.6 is 7.37 Å². The number of hydrogen-bond acceptors (Lipinski definition) is 4. The standard InChI is InChI=1S/C18H22N3O2P/c1-11-7-13(20(3)4)9-15-17(11)19-18-12(2)8-14(21(5)6)10-16(18)24(15,22)23/h7-10H,1-6H3. The van der Waals surface area contributed by atoms with E-state index in [0.29, 0.717) is 22.0 Å². The van der Waals surface area contributed by atoms with Crippen LogP contribution in [-0.2, 0) is 4.57 Å². The fourth-order valence-electron chi connectivity index (χ4n) is 2.98. The van der Waals surface area contributed by atoms with Crippen molar-refractivity contribution in [3.63, 3.8) is 0 Å². The molecule has 0 aromatic heterocycles. The summed E-state index contributed by atoms with van der Waals surface area (Å²) in [5, 5.41) is 0.628. The molecule has 0 N–H and O–H groups in total. The van der Waals surface area contributed by atoms with Crippen molar-refractivity contribution < 1.29 is 14.0 Å². The molecule has 0 saturated carbocycles. The minimum Gasteiger partial charge on any atom is -0.793 e. The van der Waals surface area contributed by atoms with Gasteiger partial charge >= 0.3 is 0 Å². The van der Waals surface area contributed by atoms with E-state index in [-0.39, 0.29) is 0 Å². The maximum Gasteiger partial charge on any atom is 0.200 e. The average molecular weight is 343 g/mol. The molecule has 5 nitrogen and oxygen atoms in total. The van der Waals surface area contributed by atoms with Crippen LogP contribution in [0.25, 0.3) is 0 Å². The first kappa shape index (κ1) is 16.9. The van der Waals surface area contributed by atoms with Crippen LogP contribution in [0.1, 0.15) is 12.5 Å². The molecule has 0 bridgehead atoms. The van der Waals surface area contributed by atoms with Crippen LogP contribution in [0.2, 0.25) is 0 Å². The molecule has 126 valence electrons. The van der Waals surface area contributed by atoms with Gasteiger partial charge < -0.3 is 14.4 Å². The van der Waals surface area contributed by atoms with Gasteiger partial charge in [-0.05, 0) is 37.1 Å². The van der Waals surface area contributed by atoms with Gasteiger partial charge in [-0.2, -0.15) is 0 Å². The minimum absolute atomic E-state index is 0.314. The number of fused-ring (bicyclic) bond motifs is 2. The smallest absolute Gasteiger partial charge is 0.200 e. The Morgan fingerprint density at radius 2 is 1.83 bits per heavy atom. The molecule has 0 amide bonds. The highest BCUT2D eigenvalue weighted by Gasteiger charge is 2.34. The fourth-order valence-corrected chi connectivity index (χ4v) is 4.86. The maximum atomic E-state index is 13.3. The van der Waals surface area contributed by atoms with Crippen LogP contribution in [0, 0.1) is 6.92 Å². The predicted molar refractivity (Wildman–Crippen MR) is 98.8 cm³/mol. The van der Waals surface area contributed by atoms with Crippen molar-refractivity contribution in [2.24, 2.45) is 4.99 Å². The Bertz CT molecular complexity index is 916. The van der Waals surface area contributed by atoms with Crippen LogP contribution in [-0.4, -0.2) is 44.2 Å². The number of aliphatic imine (C=N–C) groups is 1. The van der Waals surface area contributed by atoms with E-state index in [9.17, 15) is 9.46 Å². The van der Waals surface area contributed by atoms with Crippen LogP contribution in [0.3, 0.4) is 0 Å². The summed E-state index contributed by atoms with van der Waals surface area (Å²) < 4.78 is 15.2. The molecule has 1 aliphatic heterocycles. The Morgan fingerprint density at radius 1 is 1.17 bits per heavy atom. The highest BCUT2D eigenvalue weighted by atomic mass is 31.2. The van der Waals surface area contributed by atoms with Crippen LogP contribution in [0.5, 0.6) is 0 Å². The molecular formula is C18H22N3O2P. The second-order valence-electron chi connectivity index (χ2n) is 6.71. The molecule has 1 unspecified atom stereocenters. The molecule has 1 aromatic carbocycles. The van der Waals surface area contributed by atoms with Gasteiger partial charge in [-0.3, -0.25) is 0 Å². The van der Waals surface area contributed by atoms with Crippen molar-refractivity contribution in [2.45, 2.75) is 13.8 Å². The summed E-state index contributed by atoms with van der Waals surface area (Å²) in [7, 11) is 3.66. The first-order valence-corrected chi connectivity index (χ1v) is 9.43. The lowest BCUT2D eigenvalue weighted by Crippen LogP contribution is -2.30. The molecule has 2 aliphatic rings. The van der Waals surface area contributed by atoms with Gasteiger partial charge in [0, 0.05) is 42.6 Å². The normalized spacial score (nSPS) is 22.1. The molecule has 6 heteroatoms. The van der Waals surface area contributed by atoms with Crippen LogP contribution in [0.15, 0.2) is 40.2 Å². The summed E-state index contributed by atoms with van der Waals surface area (Å²) in [5.41, 5.74) is 4.59. The minimum atomic E-state index is -3.95. The van der Waals surface area contributed by atoms with Crippen molar-refractivity contribution in [3.8, 4) is 0 Å². The van der Waals surface area contributed by atoms with Gasteiger partial charge in [0.05, 0.1) is 18.8 Å². The molecule has 1 aliphatic carbocycles. The number of anilines is 1. The zero-order chi connectivity index (χ0) is 17.8. The third-order valence-corrected chi connectivity index (χ3v) is 6.37. The summed E-state index contributed by atoms with van der Waals surface area (Å²) in [6.07, 6.45) is 3.69. The molecule has 1 heterocycles.